The molecule has 0 atom stereocenters. The molecule has 1 aliphatic carbocycles. The summed E-state index contributed by atoms with van der Waals surface area (Å²) in [5.41, 5.74) is 7.23. The maximum Gasteiger partial charge on any atom is 0.163 e. The molecule has 1 aromatic rings. The molecule has 0 spiro atoms. The smallest absolute Gasteiger partial charge is 0.163 e. The van der Waals surface area contributed by atoms with E-state index in [9.17, 15) is 4.79 Å². The van der Waals surface area contributed by atoms with Crippen LogP contribution in [0.1, 0.15) is 55.6 Å². The Morgan fingerprint density at radius 3 is 2.62 bits per heavy atom. The molecule has 1 aliphatic rings. The molecule has 0 saturated heterocycles. The number of ketones is 1. The first-order chi connectivity index (χ1) is 7.74. The molecule has 0 aliphatic heterocycles. The fourth-order valence-electron chi connectivity index (χ4n) is 1.79. The molecule has 1 heteroatoms. The van der Waals surface area contributed by atoms with Gasteiger partial charge in [0, 0.05) is 17.5 Å². The fourth-order valence-corrected chi connectivity index (χ4v) is 1.79. The van der Waals surface area contributed by atoms with Crippen LogP contribution in [-0.2, 0) is 0 Å². The molecule has 0 unspecified atom stereocenters. The van der Waals surface area contributed by atoms with E-state index in [1.807, 2.05) is 52.0 Å². The number of benzene rings is 1. The van der Waals surface area contributed by atoms with Crippen LogP contribution in [-0.4, -0.2) is 5.78 Å². The quantitative estimate of drug-likeness (QED) is 0.529. The Balaban J connectivity index is 0.000000606. The van der Waals surface area contributed by atoms with E-state index in [0.29, 0.717) is 6.42 Å². The summed E-state index contributed by atoms with van der Waals surface area (Å²) >= 11 is 0. The third-order valence-electron chi connectivity index (χ3n) is 2.54. The van der Waals surface area contributed by atoms with E-state index < -0.39 is 0 Å². The van der Waals surface area contributed by atoms with Crippen LogP contribution >= 0.6 is 0 Å². The first kappa shape index (κ1) is 12.5. The lowest BCUT2D eigenvalue weighted by Crippen LogP contribution is -2.01. The summed E-state index contributed by atoms with van der Waals surface area (Å²) in [6.07, 6.45) is 2.50. The summed E-state index contributed by atoms with van der Waals surface area (Å²) in [6, 6.07) is 5.85. The van der Waals surface area contributed by atoms with Gasteiger partial charge in [-0.2, -0.15) is 0 Å². The van der Waals surface area contributed by atoms with E-state index in [1.54, 1.807) is 0 Å². The number of allylic oxidation sites excluding steroid dienone is 1. The first-order valence-corrected chi connectivity index (χ1v) is 5.84. The van der Waals surface area contributed by atoms with E-state index >= 15 is 0 Å². The van der Waals surface area contributed by atoms with E-state index in [1.165, 1.54) is 0 Å². The standard InChI is InChI=1S/C13H12O.C2H6/c1-3-12(14)11-6-4-5-10-8-7-9(2)13(10)11;1-2/h4-6,8H,3H2,1-2H3;1-2H3. The summed E-state index contributed by atoms with van der Waals surface area (Å²) in [7, 11) is 0. The Morgan fingerprint density at radius 1 is 1.31 bits per heavy atom. The van der Waals surface area contributed by atoms with E-state index in [4.69, 9.17) is 0 Å². The molecular weight excluding hydrogens is 196 g/mol. The van der Waals surface area contributed by atoms with Crippen molar-refractivity contribution in [3.63, 3.8) is 0 Å². The highest BCUT2D eigenvalue weighted by Gasteiger charge is 2.15. The zero-order chi connectivity index (χ0) is 12.1. The molecular formula is C15H18O. The van der Waals surface area contributed by atoms with Gasteiger partial charge in [0.1, 0.15) is 0 Å². The number of fused-ring (bicyclic) bond motifs is 1. The van der Waals surface area contributed by atoms with Gasteiger partial charge in [-0.3, -0.25) is 4.79 Å². The summed E-state index contributed by atoms with van der Waals surface area (Å²) in [5, 5.41) is 0. The second kappa shape index (κ2) is 5.48. The van der Waals surface area contributed by atoms with Crippen molar-refractivity contribution in [2.24, 2.45) is 0 Å². The van der Waals surface area contributed by atoms with Crippen LogP contribution in [0.2, 0.25) is 0 Å². The summed E-state index contributed by atoms with van der Waals surface area (Å²) in [4.78, 5) is 11.7. The number of carbonyl (C=O) groups excluding carboxylic acids is 1. The molecule has 0 aromatic heterocycles. The molecule has 2 rings (SSSR count). The normalized spacial score (nSPS) is 11.4. The monoisotopic (exact) mass is 214 g/mol. The SMILES string of the molecule is CC.CCC(=O)c1cccc2c1C(C)=C=C2. The molecule has 0 fully saturated rings. The van der Waals surface area contributed by atoms with Gasteiger partial charge in [0.25, 0.3) is 0 Å². The molecule has 0 amide bonds. The minimum absolute atomic E-state index is 0.207. The molecule has 16 heavy (non-hydrogen) atoms. The number of carbonyl (C=O) groups is 1. The lowest BCUT2D eigenvalue weighted by Gasteiger charge is -2.07. The highest BCUT2D eigenvalue weighted by Crippen LogP contribution is 2.28. The number of hydrogen-bond donors (Lipinski definition) is 0. The highest BCUT2D eigenvalue weighted by atomic mass is 16.1. The van der Waals surface area contributed by atoms with Crippen molar-refractivity contribution in [3.05, 3.63) is 40.6 Å². The molecule has 0 bridgehead atoms. The van der Waals surface area contributed by atoms with Crippen molar-refractivity contribution in [2.45, 2.75) is 34.1 Å². The van der Waals surface area contributed by atoms with E-state index in [2.05, 4.69) is 5.73 Å². The van der Waals surface area contributed by atoms with Crippen LogP contribution in [0.3, 0.4) is 0 Å². The van der Waals surface area contributed by atoms with Gasteiger partial charge < -0.3 is 0 Å². The van der Waals surface area contributed by atoms with Crippen LogP contribution in [0.15, 0.2) is 23.9 Å². The molecule has 0 N–H and O–H groups in total. The lowest BCUT2D eigenvalue weighted by atomic mass is 9.95. The van der Waals surface area contributed by atoms with Crippen molar-refractivity contribution >= 4 is 17.4 Å². The second-order valence-corrected chi connectivity index (χ2v) is 3.46. The topological polar surface area (TPSA) is 17.1 Å². The molecule has 0 saturated carbocycles. The van der Waals surface area contributed by atoms with Gasteiger partial charge in [0.05, 0.1) is 0 Å². The van der Waals surface area contributed by atoms with Crippen molar-refractivity contribution in [2.75, 3.05) is 0 Å². The maximum atomic E-state index is 11.7. The Morgan fingerprint density at radius 2 is 2.00 bits per heavy atom. The fraction of sp³-hybridized carbons (Fsp3) is 0.333. The Bertz CT molecular complexity index is 460. The van der Waals surface area contributed by atoms with Crippen LogP contribution in [0.5, 0.6) is 0 Å². The second-order valence-electron chi connectivity index (χ2n) is 3.46. The molecule has 0 radical (unpaired) electrons. The zero-order valence-electron chi connectivity index (χ0n) is 10.4. The Labute approximate surface area is 97.5 Å². The Hall–Kier alpha value is -1.59. The minimum atomic E-state index is 0.207. The summed E-state index contributed by atoms with van der Waals surface area (Å²) in [5.74, 6) is 0.207. The van der Waals surface area contributed by atoms with Gasteiger partial charge in [0.2, 0.25) is 0 Å². The van der Waals surface area contributed by atoms with Crippen LogP contribution in [0.4, 0.5) is 0 Å². The lowest BCUT2D eigenvalue weighted by molar-refractivity contribution is 0.0988. The van der Waals surface area contributed by atoms with E-state index in [-0.39, 0.29) is 5.78 Å². The van der Waals surface area contributed by atoms with Gasteiger partial charge in [-0.15, -0.1) is 5.73 Å². The minimum Gasteiger partial charge on any atom is -0.294 e. The van der Waals surface area contributed by atoms with Gasteiger partial charge in [-0.05, 0) is 24.1 Å². The zero-order valence-corrected chi connectivity index (χ0v) is 10.4. The van der Waals surface area contributed by atoms with Gasteiger partial charge in [-0.1, -0.05) is 39.0 Å². The maximum absolute atomic E-state index is 11.7. The number of Topliss-reactive ketones (excluding diaryl/α,β-unsaturated/α-hetero) is 1. The predicted molar refractivity (Wildman–Crippen MR) is 69.5 cm³/mol. The molecule has 1 nitrogen and oxygen atoms in total. The largest absolute Gasteiger partial charge is 0.294 e. The van der Waals surface area contributed by atoms with Crippen LogP contribution < -0.4 is 0 Å². The number of rotatable bonds is 2. The van der Waals surface area contributed by atoms with Crippen molar-refractivity contribution in [1.29, 1.82) is 0 Å². The van der Waals surface area contributed by atoms with Gasteiger partial charge >= 0.3 is 0 Å². The van der Waals surface area contributed by atoms with E-state index in [0.717, 1.165) is 22.3 Å². The third kappa shape index (κ3) is 2.15. The summed E-state index contributed by atoms with van der Waals surface area (Å²) < 4.78 is 0. The van der Waals surface area contributed by atoms with Gasteiger partial charge in [-0.25, -0.2) is 0 Å². The third-order valence-corrected chi connectivity index (χ3v) is 2.54. The molecule has 84 valence electrons. The van der Waals surface area contributed by atoms with Crippen LogP contribution in [0.25, 0.3) is 11.6 Å². The molecule has 0 heterocycles. The summed E-state index contributed by atoms with van der Waals surface area (Å²) in [6.45, 7) is 7.89. The predicted octanol–water partition coefficient (Wildman–Crippen LogP) is 4.33. The Kier molecular flexibility index (Phi) is 4.28. The highest BCUT2D eigenvalue weighted by molar-refractivity contribution is 6.03. The molecule has 1 aromatic carbocycles. The van der Waals surface area contributed by atoms with Crippen molar-refractivity contribution < 1.29 is 4.79 Å². The first-order valence-electron chi connectivity index (χ1n) is 5.84. The average Bonchev–Trinajstić information content (AvgIpc) is 2.73. The van der Waals surface area contributed by atoms with Gasteiger partial charge in [0.15, 0.2) is 5.78 Å². The average molecular weight is 214 g/mol. The number of hydrogen-bond acceptors (Lipinski definition) is 1. The van der Waals surface area contributed by atoms with Crippen molar-refractivity contribution in [1.82, 2.24) is 0 Å². The van der Waals surface area contributed by atoms with Crippen LogP contribution in [0, 0.1) is 0 Å². The van der Waals surface area contributed by atoms with Crippen molar-refractivity contribution in [3.8, 4) is 0 Å².